The number of carboxylic acid groups (broad SMARTS) is 1. The van der Waals surface area contributed by atoms with Crippen LogP contribution >= 0.6 is 0 Å². The lowest BCUT2D eigenvalue weighted by Crippen LogP contribution is -2.32. The van der Waals surface area contributed by atoms with Crippen LogP contribution in [0.1, 0.15) is 49.3 Å². The number of rotatable bonds is 3. The summed E-state index contributed by atoms with van der Waals surface area (Å²) < 4.78 is 5.88. The molecule has 1 aliphatic heterocycles. The Bertz CT molecular complexity index is 475. The lowest BCUT2D eigenvalue weighted by Gasteiger charge is -2.32. The van der Waals surface area contributed by atoms with Gasteiger partial charge in [-0.1, -0.05) is 37.1 Å². The normalized spacial score (nSPS) is 24.9. The Labute approximate surface area is 113 Å². The van der Waals surface area contributed by atoms with Gasteiger partial charge in [-0.15, -0.1) is 0 Å². The molecule has 0 radical (unpaired) electrons. The summed E-state index contributed by atoms with van der Waals surface area (Å²) in [5.41, 5.74) is 1.95. The predicted molar refractivity (Wildman–Crippen MR) is 72.0 cm³/mol. The van der Waals surface area contributed by atoms with E-state index in [1.54, 1.807) is 0 Å². The van der Waals surface area contributed by atoms with Gasteiger partial charge in [-0.05, 0) is 36.8 Å². The molecule has 1 fully saturated rings. The maximum Gasteiger partial charge on any atom is 0.309 e. The summed E-state index contributed by atoms with van der Waals surface area (Å²) in [5.74, 6) is -0.642. The molecule has 0 spiro atoms. The summed E-state index contributed by atoms with van der Waals surface area (Å²) in [6.07, 6.45) is 5.17. The first kappa shape index (κ1) is 12.7. The molecule has 1 aliphatic carbocycles. The first-order valence-corrected chi connectivity index (χ1v) is 7.14. The van der Waals surface area contributed by atoms with Crippen molar-refractivity contribution in [3.05, 3.63) is 35.4 Å². The zero-order valence-corrected chi connectivity index (χ0v) is 11.1. The van der Waals surface area contributed by atoms with Crippen LogP contribution in [0.3, 0.4) is 0 Å². The fourth-order valence-electron chi connectivity index (χ4n) is 3.56. The van der Waals surface area contributed by atoms with Gasteiger partial charge in [-0.25, -0.2) is 0 Å². The maximum atomic E-state index is 11.7. The summed E-state index contributed by atoms with van der Waals surface area (Å²) in [5, 5.41) is 9.59. The second kappa shape index (κ2) is 4.97. The Morgan fingerprint density at radius 3 is 2.79 bits per heavy atom. The van der Waals surface area contributed by atoms with Gasteiger partial charge in [0, 0.05) is 0 Å². The summed E-state index contributed by atoms with van der Waals surface area (Å²) >= 11 is 0. The van der Waals surface area contributed by atoms with E-state index in [-0.39, 0.29) is 6.10 Å². The van der Waals surface area contributed by atoms with Crippen molar-refractivity contribution in [1.29, 1.82) is 0 Å². The summed E-state index contributed by atoms with van der Waals surface area (Å²) in [4.78, 5) is 11.7. The van der Waals surface area contributed by atoms with E-state index in [1.165, 1.54) is 11.1 Å². The third-order valence-corrected chi connectivity index (χ3v) is 4.68. The Hall–Kier alpha value is -1.35. The lowest BCUT2D eigenvalue weighted by atomic mass is 9.78. The van der Waals surface area contributed by atoms with Crippen LogP contribution in [0.5, 0.6) is 0 Å². The number of ether oxygens (including phenoxy) is 1. The fourth-order valence-corrected chi connectivity index (χ4v) is 3.56. The first-order valence-electron chi connectivity index (χ1n) is 7.14. The van der Waals surface area contributed by atoms with Crippen molar-refractivity contribution in [2.24, 2.45) is 5.41 Å². The van der Waals surface area contributed by atoms with Gasteiger partial charge in [0.05, 0.1) is 18.1 Å². The standard InChI is InChI=1S/C16H20O3/c17-15(18)16(8-3-4-9-16)11-14-13-6-2-1-5-12(13)7-10-19-14/h1-2,5-6,14H,3-4,7-11H2,(H,17,18). The van der Waals surface area contributed by atoms with E-state index in [1.807, 2.05) is 12.1 Å². The molecular formula is C16H20O3. The highest BCUT2D eigenvalue weighted by atomic mass is 16.5. The number of carboxylic acids is 1. The highest BCUT2D eigenvalue weighted by molar-refractivity contribution is 5.75. The number of aliphatic carboxylic acids is 1. The van der Waals surface area contributed by atoms with Crippen LogP contribution in [-0.2, 0) is 16.0 Å². The third-order valence-electron chi connectivity index (χ3n) is 4.68. The SMILES string of the molecule is O=C(O)C1(CC2OCCc3ccccc32)CCCC1. The Kier molecular flexibility index (Phi) is 3.31. The predicted octanol–water partition coefficient (Wildman–Crippen LogP) is 3.34. The van der Waals surface area contributed by atoms with Gasteiger partial charge in [0.1, 0.15) is 0 Å². The first-order chi connectivity index (χ1) is 9.21. The van der Waals surface area contributed by atoms with E-state index in [0.29, 0.717) is 13.0 Å². The van der Waals surface area contributed by atoms with Crippen molar-refractivity contribution in [2.75, 3.05) is 6.61 Å². The lowest BCUT2D eigenvalue weighted by molar-refractivity contribution is -0.151. The Morgan fingerprint density at radius 2 is 2.05 bits per heavy atom. The van der Waals surface area contributed by atoms with Crippen molar-refractivity contribution in [2.45, 2.75) is 44.6 Å². The molecule has 0 saturated heterocycles. The molecular weight excluding hydrogens is 240 g/mol. The highest BCUT2D eigenvalue weighted by Gasteiger charge is 2.44. The molecule has 0 bridgehead atoms. The monoisotopic (exact) mass is 260 g/mol. The molecule has 3 nitrogen and oxygen atoms in total. The van der Waals surface area contributed by atoms with E-state index in [4.69, 9.17) is 4.74 Å². The summed E-state index contributed by atoms with van der Waals surface area (Å²) in [7, 11) is 0. The number of hydrogen-bond acceptors (Lipinski definition) is 2. The molecule has 1 saturated carbocycles. The quantitative estimate of drug-likeness (QED) is 0.906. The highest BCUT2D eigenvalue weighted by Crippen LogP contribution is 2.47. The van der Waals surface area contributed by atoms with Crippen LogP contribution < -0.4 is 0 Å². The molecule has 102 valence electrons. The van der Waals surface area contributed by atoms with Crippen LogP contribution in [0.4, 0.5) is 0 Å². The summed E-state index contributed by atoms with van der Waals surface area (Å²) in [6, 6.07) is 8.28. The van der Waals surface area contributed by atoms with Crippen LogP contribution in [0.25, 0.3) is 0 Å². The number of benzene rings is 1. The summed E-state index contributed by atoms with van der Waals surface area (Å²) in [6.45, 7) is 0.706. The molecule has 1 atom stereocenters. The number of carbonyl (C=O) groups is 1. The van der Waals surface area contributed by atoms with Gasteiger partial charge in [0.2, 0.25) is 0 Å². The average Bonchev–Trinajstić information content (AvgIpc) is 2.89. The van der Waals surface area contributed by atoms with E-state index in [9.17, 15) is 9.90 Å². The zero-order chi connectivity index (χ0) is 13.3. The molecule has 1 aromatic rings. The smallest absolute Gasteiger partial charge is 0.309 e. The van der Waals surface area contributed by atoms with Gasteiger partial charge < -0.3 is 9.84 Å². The molecule has 1 N–H and O–H groups in total. The molecule has 0 amide bonds. The number of hydrogen-bond donors (Lipinski definition) is 1. The fraction of sp³-hybridized carbons (Fsp3) is 0.562. The van der Waals surface area contributed by atoms with Crippen molar-refractivity contribution >= 4 is 5.97 Å². The third kappa shape index (κ3) is 2.27. The second-order valence-corrected chi connectivity index (χ2v) is 5.80. The van der Waals surface area contributed by atoms with E-state index >= 15 is 0 Å². The minimum atomic E-state index is -0.642. The molecule has 19 heavy (non-hydrogen) atoms. The van der Waals surface area contributed by atoms with E-state index < -0.39 is 11.4 Å². The van der Waals surface area contributed by atoms with Crippen molar-refractivity contribution in [3.8, 4) is 0 Å². The molecule has 3 rings (SSSR count). The van der Waals surface area contributed by atoms with E-state index in [2.05, 4.69) is 12.1 Å². The van der Waals surface area contributed by atoms with Gasteiger partial charge >= 0.3 is 5.97 Å². The van der Waals surface area contributed by atoms with Crippen molar-refractivity contribution < 1.29 is 14.6 Å². The zero-order valence-electron chi connectivity index (χ0n) is 11.1. The minimum Gasteiger partial charge on any atom is -0.481 e. The molecule has 2 aliphatic rings. The largest absolute Gasteiger partial charge is 0.481 e. The van der Waals surface area contributed by atoms with Gasteiger partial charge in [-0.3, -0.25) is 4.79 Å². The van der Waals surface area contributed by atoms with Crippen molar-refractivity contribution in [3.63, 3.8) is 0 Å². The molecule has 3 heteroatoms. The second-order valence-electron chi connectivity index (χ2n) is 5.80. The molecule has 1 heterocycles. The Balaban J connectivity index is 1.86. The van der Waals surface area contributed by atoms with Crippen LogP contribution in [0.15, 0.2) is 24.3 Å². The number of fused-ring (bicyclic) bond motifs is 1. The Morgan fingerprint density at radius 1 is 1.32 bits per heavy atom. The van der Waals surface area contributed by atoms with E-state index in [0.717, 1.165) is 32.1 Å². The van der Waals surface area contributed by atoms with Crippen LogP contribution in [0, 0.1) is 5.41 Å². The maximum absolute atomic E-state index is 11.7. The minimum absolute atomic E-state index is 0.0425. The van der Waals surface area contributed by atoms with Gasteiger partial charge in [-0.2, -0.15) is 0 Å². The molecule has 1 unspecified atom stereocenters. The molecule has 1 aromatic carbocycles. The van der Waals surface area contributed by atoms with Crippen LogP contribution in [-0.4, -0.2) is 17.7 Å². The van der Waals surface area contributed by atoms with Gasteiger partial charge in [0.25, 0.3) is 0 Å². The molecule has 0 aromatic heterocycles. The van der Waals surface area contributed by atoms with Gasteiger partial charge in [0.15, 0.2) is 0 Å². The van der Waals surface area contributed by atoms with Crippen LogP contribution in [0.2, 0.25) is 0 Å². The topological polar surface area (TPSA) is 46.5 Å². The van der Waals surface area contributed by atoms with Crippen molar-refractivity contribution in [1.82, 2.24) is 0 Å². The average molecular weight is 260 g/mol.